The number of hydrogen-bond donors (Lipinski definition) is 1. The molecular formula is C13H19N5. The zero-order valence-electron chi connectivity index (χ0n) is 10.9. The fraction of sp³-hybridized carbons (Fsp3) is 0.462. The standard InChI is InChI=1S/C13H19N5/c1-18(2)10-6-5-9-14-13-15-11-7-3-4-8-12(11)16-17-13/h3-4,7-8H,5-6,9-10H2,1-2H3,(H,14,15,17). The lowest BCUT2D eigenvalue weighted by atomic mass is 10.3. The molecule has 2 rings (SSSR count). The van der Waals surface area contributed by atoms with E-state index in [2.05, 4.69) is 39.5 Å². The van der Waals surface area contributed by atoms with Crippen LogP contribution in [0, 0.1) is 0 Å². The Hall–Kier alpha value is -1.75. The van der Waals surface area contributed by atoms with E-state index in [0.717, 1.165) is 30.5 Å². The minimum absolute atomic E-state index is 0.610. The minimum atomic E-state index is 0.610. The van der Waals surface area contributed by atoms with E-state index < -0.39 is 0 Å². The van der Waals surface area contributed by atoms with Gasteiger partial charge in [0.2, 0.25) is 5.95 Å². The molecule has 0 saturated heterocycles. The maximum atomic E-state index is 4.41. The molecule has 0 amide bonds. The van der Waals surface area contributed by atoms with Gasteiger partial charge >= 0.3 is 0 Å². The summed E-state index contributed by atoms with van der Waals surface area (Å²) in [5.41, 5.74) is 1.71. The summed E-state index contributed by atoms with van der Waals surface area (Å²) in [5.74, 6) is 0.610. The van der Waals surface area contributed by atoms with Crippen LogP contribution in [0.15, 0.2) is 24.3 Å². The Morgan fingerprint density at radius 1 is 1.06 bits per heavy atom. The Morgan fingerprint density at radius 2 is 1.83 bits per heavy atom. The molecule has 0 atom stereocenters. The molecule has 5 nitrogen and oxygen atoms in total. The molecule has 0 fully saturated rings. The highest BCUT2D eigenvalue weighted by molar-refractivity contribution is 5.73. The topological polar surface area (TPSA) is 53.9 Å². The first-order chi connectivity index (χ1) is 8.75. The maximum absolute atomic E-state index is 4.41. The van der Waals surface area contributed by atoms with Crippen molar-refractivity contribution in [3.63, 3.8) is 0 Å². The van der Waals surface area contributed by atoms with Crippen LogP contribution in [0.3, 0.4) is 0 Å². The third kappa shape index (κ3) is 3.63. The van der Waals surface area contributed by atoms with Gasteiger partial charge in [0.05, 0.1) is 5.52 Å². The van der Waals surface area contributed by atoms with Crippen LogP contribution in [0.1, 0.15) is 12.8 Å². The molecule has 2 aromatic rings. The molecule has 0 unspecified atom stereocenters. The van der Waals surface area contributed by atoms with Crippen molar-refractivity contribution >= 4 is 17.0 Å². The molecule has 1 heterocycles. The zero-order valence-corrected chi connectivity index (χ0v) is 10.9. The molecule has 1 aromatic heterocycles. The summed E-state index contributed by atoms with van der Waals surface area (Å²) in [6, 6.07) is 7.75. The van der Waals surface area contributed by atoms with Crippen LogP contribution in [0.4, 0.5) is 5.95 Å². The molecule has 0 saturated carbocycles. The first-order valence-corrected chi connectivity index (χ1v) is 6.24. The second kappa shape index (κ2) is 6.26. The van der Waals surface area contributed by atoms with Crippen LogP contribution >= 0.6 is 0 Å². The number of para-hydroxylation sites is 1. The highest BCUT2D eigenvalue weighted by Crippen LogP contribution is 2.08. The molecular weight excluding hydrogens is 226 g/mol. The van der Waals surface area contributed by atoms with Crippen molar-refractivity contribution in [2.75, 3.05) is 32.5 Å². The van der Waals surface area contributed by atoms with E-state index in [1.54, 1.807) is 0 Å². The Balaban J connectivity index is 1.84. The van der Waals surface area contributed by atoms with Crippen LogP contribution < -0.4 is 5.32 Å². The molecule has 18 heavy (non-hydrogen) atoms. The van der Waals surface area contributed by atoms with E-state index in [-0.39, 0.29) is 0 Å². The van der Waals surface area contributed by atoms with Crippen LogP contribution in [-0.4, -0.2) is 47.3 Å². The lowest BCUT2D eigenvalue weighted by Gasteiger charge is -2.09. The predicted octanol–water partition coefficient (Wildman–Crippen LogP) is 1.78. The average Bonchev–Trinajstić information content (AvgIpc) is 2.38. The highest BCUT2D eigenvalue weighted by Gasteiger charge is 1.99. The summed E-state index contributed by atoms with van der Waals surface area (Å²) in [7, 11) is 4.17. The number of benzene rings is 1. The van der Waals surface area contributed by atoms with E-state index in [1.807, 2.05) is 24.3 Å². The summed E-state index contributed by atoms with van der Waals surface area (Å²) in [4.78, 5) is 6.60. The number of anilines is 1. The summed E-state index contributed by atoms with van der Waals surface area (Å²) in [5, 5.41) is 11.4. The second-order valence-electron chi connectivity index (χ2n) is 4.56. The van der Waals surface area contributed by atoms with Gasteiger partial charge in [-0.25, -0.2) is 4.98 Å². The van der Waals surface area contributed by atoms with Crippen molar-refractivity contribution in [1.82, 2.24) is 20.1 Å². The molecule has 0 aliphatic heterocycles. The number of hydrogen-bond acceptors (Lipinski definition) is 5. The van der Waals surface area contributed by atoms with E-state index in [4.69, 9.17) is 0 Å². The molecule has 1 N–H and O–H groups in total. The van der Waals surface area contributed by atoms with Crippen LogP contribution in [0.25, 0.3) is 11.0 Å². The molecule has 5 heteroatoms. The predicted molar refractivity (Wildman–Crippen MR) is 73.6 cm³/mol. The largest absolute Gasteiger partial charge is 0.353 e. The van der Waals surface area contributed by atoms with Gasteiger partial charge in [-0.05, 0) is 45.6 Å². The summed E-state index contributed by atoms with van der Waals surface area (Å²) in [6.45, 7) is 1.99. The molecule has 96 valence electrons. The Kier molecular flexibility index (Phi) is 4.41. The lowest BCUT2D eigenvalue weighted by Crippen LogP contribution is -2.14. The third-order valence-electron chi connectivity index (χ3n) is 2.68. The average molecular weight is 245 g/mol. The highest BCUT2D eigenvalue weighted by atomic mass is 15.2. The number of unbranched alkanes of at least 4 members (excludes halogenated alkanes) is 1. The van der Waals surface area contributed by atoms with Gasteiger partial charge in [0, 0.05) is 6.54 Å². The maximum Gasteiger partial charge on any atom is 0.243 e. The lowest BCUT2D eigenvalue weighted by molar-refractivity contribution is 0.396. The van der Waals surface area contributed by atoms with Gasteiger partial charge < -0.3 is 10.2 Å². The SMILES string of the molecule is CN(C)CCCCNc1nnc2ccccc2n1. The fourth-order valence-electron chi connectivity index (χ4n) is 1.71. The second-order valence-corrected chi connectivity index (χ2v) is 4.56. The Labute approximate surface area is 107 Å². The van der Waals surface area contributed by atoms with Crippen molar-refractivity contribution in [2.45, 2.75) is 12.8 Å². The summed E-state index contributed by atoms with van der Waals surface area (Å²) >= 11 is 0. The number of rotatable bonds is 6. The molecule has 1 aromatic carbocycles. The van der Waals surface area contributed by atoms with Gasteiger partial charge in [0.1, 0.15) is 5.52 Å². The number of aromatic nitrogens is 3. The van der Waals surface area contributed by atoms with Crippen molar-refractivity contribution in [2.24, 2.45) is 0 Å². The van der Waals surface area contributed by atoms with E-state index in [1.165, 1.54) is 6.42 Å². The van der Waals surface area contributed by atoms with Gasteiger partial charge in [-0.3, -0.25) is 0 Å². The Morgan fingerprint density at radius 3 is 2.61 bits per heavy atom. The molecule has 0 aliphatic carbocycles. The van der Waals surface area contributed by atoms with Gasteiger partial charge in [0.15, 0.2) is 0 Å². The molecule has 0 radical (unpaired) electrons. The quantitative estimate of drug-likeness (QED) is 0.786. The molecule has 0 spiro atoms. The normalized spacial score (nSPS) is 11.1. The van der Waals surface area contributed by atoms with Crippen molar-refractivity contribution in [3.05, 3.63) is 24.3 Å². The van der Waals surface area contributed by atoms with Gasteiger partial charge in [-0.2, -0.15) is 0 Å². The first-order valence-electron chi connectivity index (χ1n) is 6.24. The van der Waals surface area contributed by atoms with E-state index in [9.17, 15) is 0 Å². The van der Waals surface area contributed by atoms with Gasteiger partial charge in [-0.1, -0.05) is 12.1 Å². The molecule has 0 bridgehead atoms. The fourth-order valence-corrected chi connectivity index (χ4v) is 1.71. The smallest absolute Gasteiger partial charge is 0.243 e. The van der Waals surface area contributed by atoms with Crippen LogP contribution in [0.2, 0.25) is 0 Å². The number of nitrogens with one attached hydrogen (secondary N) is 1. The monoisotopic (exact) mass is 245 g/mol. The summed E-state index contributed by atoms with van der Waals surface area (Å²) in [6.07, 6.45) is 2.27. The first kappa shape index (κ1) is 12.7. The van der Waals surface area contributed by atoms with Gasteiger partial charge in [-0.15, -0.1) is 10.2 Å². The van der Waals surface area contributed by atoms with E-state index >= 15 is 0 Å². The molecule has 0 aliphatic rings. The van der Waals surface area contributed by atoms with E-state index in [0.29, 0.717) is 5.95 Å². The number of nitrogens with zero attached hydrogens (tertiary/aromatic N) is 4. The number of fused-ring (bicyclic) bond motifs is 1. The van der Waals surface area contributed by atoms with Crippen molar-refractivity contribution < 1.29 is 0 Å². The van der Waals surface area contributed by atoms with Crippen molar-refractivity contribution in [3.8, 4) is 0 Å². The summed E-state index contributed by atoms with van der Waals surface area (Å²) < 4.78 is 0. The van der Waals surface area contributed by atoms with Crippen LogP contribution in [-0.2, 0) is 0 Å². The minimum Gasteiger partial charge on any atom is -0.353 e. The Bertz CT molecular complexity index is 497. The van der Waals surface area contributed by atoms with Gasteiger partial charge in [0.25, 0.3) is 0 Å². The third-order valence-corrected chi connectivity index (χ3v) is 2.68. The zero-order chi connectivity index (χ0) is 12.8. The van der Waals surface area contributed by atoms with Crippen molar-refractivity contribution in [1.29, 1.82) is 0 Å². The van der Waals surface area contributed by atoms with Crippen LogP contribution in [0.5, 0.6) is 0 Å².